The van der Waals surface area contributed by atoms with E-state index in [1.54, 1.807) is 12.1 Å². The summed E-state index contributed by atoms with van der Waals surface area (Å²) in [5, 5.41) is 0.542. The van der Waals surface area contributed by atoms with Gasteiger partial charge in [-0.1, -0.05) is 11.6 Å². The first kappa shape index (κ1) is 10.4. The van der Waals surface area contributed by atoms with Crippen molar-refractivity contribution in [2.45, 2.75) is 6.92 Å². The molecule has 0 aromatic carbocycles. The third-order valence-electron chi connectivity index (χ3n) is 1.08. The molecule has 0 bridgehead atoms. The van der Waals surface area contributed by atoms with Crippen molar-refractivity contribution >= 4 is 29.8 Å². The van der Waals surface area contributed by atoms with Crippen molar-refractivity contribution < 1.29 is 4.79 Å². The van der Waals surface area contributed by atoms with Crippen LogP contribution in [0.3, 0.4) is 0 Å². The number of pyridine rings is 1. The summed E-state index contributed by atoms with van der Waals surface area (Å²) in [7, 11) is 0. The van der Waals surface area contributed by atoms with Crippen LogP contribution in [0.1, 0.15) is 17.4 Å². The molecule has 11 heavy (non-hydrogen) atoms. The largest absolute Gasteiger partial charge is 0.293 e. The average molecular weight is 192 g/mol. The van der Waals surface area contributed by atoms with Gasteiger partial charge in [-0.3, -0.25) is 9.78 Å². The molecule has 1 heterocycles. The van der Waals surface area contributed by atoms with Crippen LogP contribution in [0, 0.1) is 0 Å². The second-order valence-electron chi connectivity index (χ2n) is 1.92. The molecule has 0 fully saturated rings. The van der Waals surface area contributed by atoms with Crippen molar-refractivity contribution in [1.82, 2.24) is 4.98 Å². The van der Waals surface area contributed by atoms with Crippen molar-refractivity contribution in [1.29, 1.82) is 0 Å². The summed E-state index contributed by atoms with van der Waals surface area (Å²) < 4.78 is 0. The van der Waals surface area contributed by atoms with Crippen molar-refractivity contribution in [2.24, 2.45) is 0 Å². The Bertz CT molecular complexity index is 262. The Hall–Kier alpha value is -0.600. The molecular formula is C7H7Cl2NO. The molecule has 0 unspecified atom stereocenters. The van der Waals surface area contributed by atoms with Crippen LogP contribution >= 0.6 is 24.0 Å². The van der Waals surface area contributed by atoms with Gasteiger partial charge in [0.1, 0.15) is 5.69 Å². The highest BCUT2D eigenvalue weighted by molar-refractivity contribution is 6.30. The first-order chi connectivity index (χ1) is 4.70. The Morgan fingerprint density at radius 1 is 1.64 bits per heavy atom. The van der Waals surface area contributed by atoms with E-state index in [0.29, 0.717) is 10.7 Å². The Labute approximate surface area is 76.0 Å². The van der Waals surface area contributed by atoms with Crippen LogP contribution in [0.2, 0.25) is 5.02 Å². The number of carbonyl (C=O) groups excluding carboxylic acids is 1. The van der Waals surface area contributed by atoms with Gasteiger partial charge in [0, 0.05) is 18.1 Å². The zero-order valence-corrected chi connectivity index (χ0v) is 7.45. The lowest BCUT2D eigenvalue weighted by Gasteiger charge is -1.92. The van der Waals surface area contributed by atoms with Crippen LogP contribution < -0.4 is 0 Å². The number of ketones is 1. The molecule has 4 heteroatoms. The third kappa shape index (κ3) is 2.87. The number of halogens is 2. The lowest BCUT2D eigenvalue weighted by atomic mass is 10.3. The van der Waals surface area contributed by atoms with Crippen molar-refractivity contribution in [3.8, 4) is 0 Å². The summed E-state index contributed by atoms with van der Waals surface area (Å²) in [6, 6.07) is 3.18. The molecule has 0 aliphatic heterocycles. The summed E-state index contributed by atoms with van der Waals surface area (Å²) >= 11 is 5.60. The zero-order valence-electron chi connectivity index (χ0n) is 5.87. The SMILES string of the molecule is CC(=O)c1cc(Cl)ccn1.Cl. The van der Waals surface area contributed by atoms with Crippen LogP contribution in [0.4, 0.5) is 0 Å². The fourth-order valence-electron chi connectivity index (χ4n) is 0.597. The maximum atomic E-state index is 10.7. The van der Waals surface area contributed by atoms with Gasteiger partial charge in [0.15, 0.2) is 5.78 Å². The van der Waals surface area contributed by atoms with E-state index in [0.717, 1.165) is 0 Å². The number of hydrogen-bond donors (Lipinski definition) is 0. The molecule has 60 valence electrons. The molecule has 1 aromatic rings. The molecule has 0 aliphatic rings. The highest BCUT2D eigenvalue weighted by Gasteiger charge is 1.98. The molecule has 0 radical (unpaired) electrons. The van der Waals surface area contributed by atoms with E-state index in [9.17, 15) is 4.79 Å². The van der Waals surface area contributed by atoms with E-state index in [2.05, 4.69) is 4.98 Å². The molecule has 1 aromatic heterocycles. The van der Waals surface area contributed by atoms with E-state index in [1.165, 1.54) is 13.1 Å². The van der Waals surface area contributed by atoms with Gasteiger partial charge in [-0.15, -0.1) is 12.4 Å². The fraction of sp³-hybridized carbons (Fsp3) is 0.143. The van der Waals surface area contributed by atoms with Gasteiger partial charge in [0.25, 0.3) is 0 Å². The van der Waals surface area contributed by atoms with Crippen molar-refractivity contribution in [2.75, 3.05) is 0 Å². The predicted octanol–water partition coefficient (Wildman–Crippen LogP) is 2.36. The first-order valence-electron chi connectivity index (χ1n) is 2.82. The molecule has 0 saturated heterocycles. The Morgan fingerprint density at radius 3 is 2.64 bits per heavy atom. The van der Waals surface area contributed by atoms with Gasteiger partial charge in [0.2, 0.25) is 0 Å². The third-order valence-corrected chi connectivity index (χ3v) is 1.32. The molecule has 0 saturated carbocycles. The lowest BCUT2D eigenvalue weighted by molar-refractivity contribution is 0.101. The second-order valence-corrected chi connectivity index (χ2v) is 2.35. The van der Waals surface area contributed by atoms with Crippen LogP contribution in [-0.4, -0.2) is 10.8 Å². The zero-order chi connectivity index (χ0) is 7.56. The van der Waals surface area contributed by atoms with E-state index < -0.39 is 0 Å². The van der Waals surface area contributed by atoms with E-state index in [4.69, 9.17) is 11.6 Å². The summed E-state index contributed by atoms with van der Waals surface area (Å²) in [5.74, 6) is -0.0671. The van der Waals surface area contributed by atoms with Gasteiger partial charge in [-0.05, 0) is 12.1 Å². The van der Waals surface area contributed by atoms with Gasteiger partial charge in [0.05, 0.1) is 0 Å². The molecule has 0 atom stereocenters. The smallest absolute Gasteiger partial charge is 0.178 e. The summed E-state index contributed by atoms with van der Waals surface area (Å²) in [6.45, 7) is 1.46. The van der Waals surface area contributed by atoms with Gasteiger partial charge < -0.3 is 0 Å². The van der Waals surface area contributed by atoms with E-state index in [-0.39, 0.29) is 18.2 Å². The lowest BCUT2D eigenvalue weighted by Crippen LogP contribution is -1.94. The molecule has 0 aliphatic carbocycles. The van der Waals surface area contributed by atoms with Crippen molar-refractivity contribution in [3.63, 3.8) is 0 Å². The maximum Gasteiger partial charge on any atom is 0.178 e. The molecule has 0 amide bonds. The topological polar surface area (TPSA) is 30.0 Å². The van der Waals surface area contributed by atoms with Crippen molar-refractivity contribution in [3.05, 3.63) is 29.0 Å². The number of rotatable bonds is 1. The molecule has 0 N–H and O–H groups in total. The number of aromatic nitrogens is 1. The number of nitrogens with zero attached hydrogens (tertiary/aromatic N) is 1. The summed E-state index contributed by atoms with van der Waals surface area (Å²) in [5.41, 5.74) is 0.410. The Balaban J connectivity index is 0.000001000. The molecule has 0 spiro atoms. The van der Waals surface area contributed by atoms with Crippen LogP contribution in [0.25, 0.3) is 0 Å². The quantitative estimate of drug-likeness (QED) is 0.639. The van der Waals surface area contributed by atoms with Crippen LogP contribution in [0.5, 0.6) is 0 Å². The van der Waals surface area contributed by atoms with E-state index >= 15 is 0 Å². The normalized spacial score (nSPS) is 8.55. The maximum absolute atomic E-state index is 10.7. The minimum absolute atomic E-state index is 0. The predicted molar refractivity (Wildman–Crippen MR) is 46.5 cm³/mol. The second kappa shape index (κ2) is 4.31. The Kier molecular flexibility index (Phi) is 4.08. The van der Waals surface area contributed by atoms with Gasteiger partial charge in [-0.25, -0.2) is 0 Å². The molecule has 1 rings (SSSR count). The highest BCUT2D eigenvalue weighted by atomic mass is 35.5. The molecule has 2 nitrogen and oxygen atoms in total. The summed E-state index contributed by atoms with van der Waals surface area (Å²) in [4.78, 5) is 14.5. The fourth-order valence-corrected chi connectivity index (χ4v) is 0.757. The number of Topliss-reactive ketones (excluding diaryl/α,β-unsaturated/α-hetero) is 1. The first-order valence-corrected chi connectivity index (χ1v) is 3.20. The monoisotopic (exact) mass is 191 g/mol. The summed E-state index contributed by atoms with van der Waals surface area (Å²) in [6.07, 6.45) is 1.51. The Morgan fingerprint density at radius 2 is 2.27 bits per heavy atom. The standard InChI is InChI=1S/C7H6ClNO.ClH/c1-5(10)7-4-6(8)2-3-9-7;/h2-4H,1H3;1H. The minimum atomic E-state index is -0.0671. The van der Waals surface area contributed by atoms with Crippen LogP contribution in [-0.2, 0) is 0 Å². The van der Waals surface area contributed by atoms with Gasteiger partial charge in [-0.2, -0.15) is 0 Å². The van der Waals surface area contributed by atoms with E-state index in [1.807, 2.05) is 0 Å². The van der Waals surface area contributed by atoms with Crippen LogP contribution in [0.15, 0.2) is 18.3 Å². The number of hydrogen-bond acceptors (Lipinski definition) is 2. The molecular weight excluding hydrogens is 185 g/mol. The number of carbonyl (C=O) groups is 1. The van der Waals surface area contributed by atoms with Gasteiger partial charge >= 0.3 is 0 Å². The highest BCUT2D eigenvalue weighted by Crippen LogP contribution is 2.07. The minimum Gasteiger partial charge on any atom is -0.293 e. The average Bonchev–Trinajstić information content (AvgIpc) is 1.88.